The molecule has 0 aromatic rings. The van der Waals surface area contributed by atoms with Crippen molar-refractivity contribution in [3.8, 4) is 0 Å². The maximum Gasteiger partial charge on any atom is 0.128 e. The van der Waals surface area contributed by atoms with Gasteiger partial charge in [0.1, 0.15) is 5.78 Å². The third-order valence-electron chi connectivity index (χ3n) is 8.47. The second-order valence-corrected chi connectivity index (χ2v) is 9.34. The highest BCUT2D eigenvalue weighted by atomic mass is 16.1. The number of hydrogen-bond donors (Lipinski definition) is 0. The van der Waals surface area contributed by atoms with Gasteiger partial charge in [0.05, 0.1) is 7.85 Å². The van der Waals surface area contributed by atoms with Crippen LogP contribution in [-0.2, 0) is 4.79 Å². The van der Waals surface area contributed by atoms with Crippen LogP contribution in [0.3, 0.4) is 0 Å². The van der Waals surface area contributed by atoms with Crippen molar-refractivity contribution in [2.75, 3.05) is 0 Å². The first-order chi connectivity index (χ1) is 11.9. The Kier molecular flexibility index (Phi) is 7.65. The van der Waals surface area contributed by atoms with Crippen molar-refractivity contribution in [2.24, 2.45) is 40.9 Å². The third kappa shape index (κ3) is 4.03. The lowest BCUT2D eigenvalue weighted by atomic mass is 9.53. The summed E-state index contributed by atoms with van der Waals surface area (Å²) in [4.78, 5) is 12.5. The molecule has 0 spiro atoms. The van der Waals surface area contributed by atoms with E-state index in [0.29, 0.717) is 5.78 Å². The number of Topliss-reactive ketones (excluding diaryl/α,β-unsaturated/α-hetero) is 1. The van der Waals surface area contributed by atoms with Crippen LogP contribution >= 0.6 is 0 Å². The Bertz CT molecular complexity index is 434. The highest BCUT2D eigenvalue weighted by Gasteiger charge is 2.56. The normalized spacial score (nSPS) is 37.5. The topological polar surface area (TPSA) is 17.1 Å². The summed E-state index contributed by atoms with van der Waals surface area (Å²) in [5.41, 5.74) is 0.268. The van der Waals surface area contributed by atoms with Crippen molar-refractivity contribution in [3.63, 3.8) is 0 Å². The van der Waals surface area contributed by atoms with Crippen molar-refractivity contribution < 1.29 is 4.79 Å². The summed E-state index contributed by atoms with van der Waals surface area (Å²) in [6, 6.07) is 0. The molecule has 142 valence electrons. The number of ketones is 1. The Balaban J connectivity index is 2.14. The zero-order chi connectivity index (χ0) is 18.6. The zero-order valence-electron chi connectivity index (χ0n) is 17.5. The van der Waals surface area contributed by atoms with Crippen molar-refractivity contribution in [1.29, 1.82) is 0 Å². The fraction of sp³-hybridized carbons (Fsp3) is 0.957. The van der Waals surface area contributed by atoms with Gasteiger partial charge in [-0.3, -0.25) is 0 Å². The van der Waals surface area contributed by atoms with Crippen LogP contribution in [0.4, 0.5) is 0 Å². The third-order valence-corrected chi connectivity index (χ3v) is 8.47. The molecule has 0 aliphatic heterocycles. The van der Waals surface area contributed by atoms with Gasteiger partial charge in [-0.1, -0.05) is 60.3 Å². The van der Waals surface area contributed by atoms with Gasteiger partial charge in [0.25, 0.3) is 0 Å². The van der Waals surface area contributed by atoms with E-state index < -0.39 is 0 Å². The summed E-state index contributed by atoms with van der Waals surface area (Å²) < 4.78 is 0. The Morgan fingerprint density at radius 1 is 1.12 bits per heavy atom. The summed E-state index contributed by atoms with van der Waals surface area (Å²) in [7, 11) is 5.76. The fourth-order valence-corrected chi connectivity index (χ4v) is 6.70. The summed E-state index contributed by atoms with van der Waals surface area (Å²) in [5, 5.41) is 0. The van der Waals surface area contributed by atoms with Gasteiger partial charge in [-0.2, -0.15) is 0 Å². The van der Waals surface area contributed by atoms with Crippen molar-refractivity contribution in [3.05, 3.63) is 0 Å². The second kappa shape index (κ2) is 9.09. The SMILES string of the molecule is [B]CC(=O)C1CCC2C(CC)C(C(C)CCC(C)CC)CCC12CC. The number of carbonyl (C=O) groups is 1. The van der Waals surface area contributed by atoms with Crippen LogP contribution in [0, 0.1) is 40.9 Å². The molecule has 7 atom stereocenters. The van der Waals surface area contributed by atoms with E-state index in [1.54, 1.807) is 0 Å². The molecule has 0 heterocycles. The molecule has 2 heteroatoms. The molecule has 2 rings (SSSR count). The van der Waals surface area contributed by atoms with Crippen LogP contribution in [0.25, 0.3) is 0 Å². The smallest absolute Gasteiger partial charge is 0.128 e. The van der Waals surface area contributed by atoms with Gasteiger partial charge in [0.15, 0.2) is 0 Å². The lowest BCUT2D eigenvalue weighted by Gasteiger charge is -2.51. The van der Waals surface area contributed by atoms with Crippen LogP contribution < -0.4 is 0 Å². The molecule has 2 saturated carbocycles. The van der Waals surface area contributed by atoms with Gasteiger partial charge in [-0.25, -0.2) is 0 Å². The van der Waals surface area contributed by atoms with Gasteiger partial charge in [-0.15, -0.1) is 0 Å². The zero-order valence-corrected chi connectivity index (χ0v) is 17.5. The molecule has 2 radical (unpaired) electrons. The largest absolute Gasteiger partial charge is 0.300 e. The summed E-state index contributed by atoms with van der Waals surface area (Å²) in [6.07, 6.45) is 11.7. The Morgan fingerprint density at radius 3 is 2.40 bits per heavy atom. The van der Waals surface area contributed by atoms with Crippen molar-refractivity contribution in [1.82, 2.24) is 0 Å². The van der Waals surface area contributed by atoms with E-state index in [1.807, 2.05) is 0 Å². The number of carbonyl (C=O) groups excluding carboxylic acids is 1. The van der Waals surface area contributed by atoms with E-state index in [1.165, 1.54) is 51.4 Å². The minimum Gasteiger partial charge on any atom is -0.300 e. The van der Waals surface area contributed by atoms with E-state index >= 15 is 0 Å². The van der Waals surface area contributed by atoms with Gasteiger partial charge < -0.3 is 4.79 Å². The highest BCUT2D eigenvalue weighted by Crippen LogP contribution is 2.62. The van der Waals surface area contributed by atoms with Gasteiger partial charge in [0.2, 0.25) is 0 Å². The molecule has 2 aliphatic rings. The van der Waals surface area contributed by atoms with E-state index in [-0.39, 0.29) is 17.7 Å². The number of fused-ring (bicyclic) bond motifs is 1. The fourth-order valence-electron chi connectivity index (χ4n) is 6.70. The first-order valence-electron chi connectivity index (χ1n) is 11.2. The molecule has 0 N–H and O–H groups in total. The monoisotopic (exact) mass is 344 g/mol. The Labute approximate surface area is 158 Å². The maximum absolute atomic E-state index is 12.5. The average molecular weight is 344 g/mol. The Hall–Kier alpha value is -0.265. The van der Waals surface area contributed by atoms with Gasteiger partial charge in [0, 0.05) is 5.92 Å². The first kappa shape index (κ1) is 21.0. The minimum atomic E-state index is 0.241. The van der Waals surface area contributed by atoms with Crippen LogP contribution in [-0.4, -0.2) is 13.6 Å². The second-order valence-electron chi connectivity index (χ2n) is 9.34. The van der Waals surface area contributed by atoms with Crippen LogP contribution in [0.15, 0.2) is 0 Å². The summed E-state index contributed by atoms with van der Waals surface area (Å²) in [5.74, 6) is 4.71. The minimum absolute atomic E-state index is 0.241. The molecule has 0 bridgehead atoms. The number of rotatable bonds is 9. The maximum atomic E-state index is 12.5. The molecule has 2 fully saturated rings. The average Bonchev–Trinajstić information content (AvgIpc) is 3.03. The van der Waals surface area contributed by atoms with E-state index in [9.17, 15) is 4.79 Å². The molecule has 0 aromatic carbocycles. The van der Waals surface area contributed by atoms with E-state index in [0.717, 1.165) is 36.0 Å². The van der Waals surface area contributed by atoms with Gasteiger partial charge >= 0.3 is 0 Å². The predicted molar refractivity (Wildman–Crippen MR) is 109 cm³/mol. The van der Waals surface area contributed by atoms with Crippen LogP contribution in [0.5, 0.6) is 0 Å². The molecular formula is C23H41BO. The van der Waals surface area contributed by atoms with Crippen LogP contribution in [0.1, 0.15) is 92.4 Å². The molecular weight excluding hydrogens is 303 g/mol. The quantitative estimate of drug-likeness (QED) is 0.438. The lowest BCUT2D eigenvalue weighted by Crippen LogP contribution is -2.46. The van der Waals surface area contributed by atoms with E-state index in [4.69, 9.17) is 7.85 Å². The lowest BCUT2D eigenvalue weighted by molar-refractivity contribution is -0.127. The summed E-state index contributed by atoms with van der Waals surface area (Å²) >= 11 is 0. The molecule has 0 amide bonds. The molecule has 0 aromatic heterocycles. The standard InChI is InChI=1S/C23H41BO/c1-6-16(4)9-10-17(5)19-13-14-23(8-3)20(18(19)7-2)11-12-21(23)22(25)15-24/h16-21H,6-15H2,1-5H3. The molecule has 7 unspecified atom stereocenters. The van der Waals surface area contributed by atoms with Crippen LogP contribution in [0.2, 0.25) is 6.32 Å². The summed E-state index contributed by atoms with van der Waals surface area (Å²) in [6.45, 7) is 11.9. The first-order valence-corrected chi connectivity index (χ1v) is 11.2. The van der Waals surface area contributed by atoms with E-state index in [2.05, 4.69) is 34.6 Å². The van der Waals surface area contributed by atoms with Crippen molar-refractivity contribution in [2.45, 2.75) is 98.7 Å². The van der Waals surface area contributed by atoms with Gasteiger partial charge in [-0.05, 0) is 73.4 Å². The molecule has 2 aliphatic carbocycles. The predicted octanol–water partition coefficient (Wildman–Crippen LogP) is 6.46. The molecule has 1 nitrogen and oxygen atoms in total. The highest BCUT2D eigenvalue weighted by molar-refractivity contribution is 6.20. The van der Waals surface area contributed by atoms with Crippen molar-refractivity contribution >= 4 is 13.6 Å². The molecule has 25 heavy (non-hydrogen) atoms. The Morgan fingerprint density at radius 2 is 1.84 bits per heavy atom. The number of hydrogen-bond acceptors (Lipinski definition) is 1. The molecule has 0 saturated heterocycles.